The zero-order valence-corrected chi connectivity index (χ0v) is 13.0. The molecule has 4 heterocycles. The van der Waals surface area contributed by atoms with Crippen molar-refractivity contribution in [1.82, 2.24) is 19.4 Å². The summed E-state index contributed by atoms with van der Waals surface area (Å²) in [5.74, 6) is 0. The van der Waals surface area contributed by atoms with E-state index in [1.807, 2.05) is 0 Å². The van der Waals surface area contributed by atoms with Gasteiger partial charge in [0.25, 0.3) is 0 Å². The van der Waals surface area contributed by atoms with Crippen LogP contribution in [-0.4, -0.2) is 26.2 Å². The minimum Gasteiger partial charge on any atom is -0.311 e. The summed E-state index contributed by atoms with van der Waals surface area (Å²) < 4.78 is 2.93. The predicted octanol–water partition coefficient (Wildman–Crippen LogP) is 1.20. The van der Waals surface area contributed by atoms with Gasteiger partial charge in [-0.1, -0.05) is 11.6 Å². The van der Waals surface area contributed by atoms with Crippen molar-refractivity contribution in [3.63, 3.8) is 0 Å². The molecule has 2 aromatic heterocycles. The molecule has 2 bridgehead atoms. The molecule has 2 aliphatic heterocycles. The van der Waals surface area contributed by atoms with Gasteiger partial charge in [-0.2, -0.15) is 0 Å². The van der Waals surface area contributed by atoms with E-state index in [0.717, 1.165) is 25.7 Å². The van der Waals surface area contributed by atoms with Crippen LogP contribution in [0.1, 0.15) is 31.7 Å². The first-order valence-electron chi connectivity index (χ1n) is 7.57. The Balaban J connectivity index is 1.97. The third kappa shape index (κ3) is 2.01. The molecule has 0 aromatic carbocycles. The van der Waals surface area contributed by atoms with Crippen molar-refractivity contribution in [2.24, 2.45) is 7.05 Å². The van der Waals surface area contributed by atoms with Gasteiger partial charge in [0.05, 0.1) is 10.5 Å². The molecule has 1 N–H and O–H groups in total. The highest BCUT2D eigenvalue weighted by Crippen LogP contribution is 2.34. The smallest absolute Gasteiger partial charge is 0.311 e. The first-order chi connectivity index (χ1) is 10.5. The molecule has 0 unspecified atom stereocenters. The predicted molar refractivity (Wildman–Crippen MR) is 84.5 cm³/mol. The lowest BCUT2D eigenvalue weighted by atomic mass is 9.99. The molecule has 22 heavy (non-hydrogen) atoms. The quantitative estimate of drug-likeness (QED) is 0.802. The van der Waals surface area contributed by atoms with Gasteiger partial charge in [-0.3, -0.25) is 14.2 Å². The van der Waals surface area contributed by atoms with Crippen molar-refractivity contribution in [1.29, 1.82) is 0 Å². The second-order valence-electron chi connectivity index (χ2n) is 6.30. The number of fused-ring (bicyclic) bond motifs is 3. The summed E-state index contributed by atoms with van der Waals surface area (Å²) in [5.41, 5.74) is 0.129. The number of pyridine rings is 1. The van der Waals surface area contributed by atoms with E-state index in [9.17, 15) is 9.59 Å². The van der Waals surface area contributed by atoms with Crippen molar-refractivity contribution in [2.75, 3.05) is 0 Å². The number of aromatic nitrogens is 3. The lowest BCUT2D eigenvalue weighted by molar-refractivity contribution is 0.297. The third-order valence-corrected chi connectivity index (χ3v) is 5.13. The molecule has 2 saturated heterocycles. The topological polar surface area (TPSA) is 68.9 Å². The molecule has 6 nitrogen and oxygen atoms in total. The van der Waals surface area contributed by atoms with E-state index in [0.29, 0.717) is 28.3 Å². The van der Waals surface area contributed by atoms with Gasteiger partial charge >= 0.3 is 11.1 Å². The van der Waals surface area contributed by atoms with Crippen molar-refractivity contribution >= 4 is 22.8 Å². The standard InChI is InChI=1S/C15H17ClN4O2/c1-19-12-4-8(16)7-17-13(12)20(15(22)14(19)21)11-5-9-2-3-10(6-11)18-9/h4,7,9-11,18H,2-3,5-6H2,1H3/t9-,10+,11-. The second-order valence-corrected chi connectivity index (χ2v) is 6.74. The summed E-state index contributed by atoms with van der Waals surface area (Å²) in [7, 11) is 1.58. The van der Waals surface area contributed by atoms with Gasteiger partial charge < -0.3 is 9.88 Å². The molecule has 0 radical (unpaired) electrons. The Morgan fingerprint density at radius 1 is 1.23 bits per heavy atom. The molecule has 7 heteroatoms. The van der Waals surface area contributed by atoms with Gasteiger partial charge in [-0.15, -0.1) is 0 Å². The van der Waals surface area contributed by atoms with Gasteiger partial charge in [-0.25, -0.2) is 4.98 Å². The minimum absolute atomic E-state index is 0.0244. The number of hydrogen-bond donors (Lipinski definition) is 1. The zero-order valence-electron chi connectivity index (χ0n) is 12.3. The summed E-state index contributed by atoms with van der Waals surface area (Å²) >= 11 is 6.00. The molecular formula is C15H17ClN4O2. The van der Waals surface area contributed by atoms with E-state index in [2.05, 4.69) is 10.3 Å². The fourth-order valence-corrected chi connectivity index (χ4v) is 4.03. The van der Waals surface area contributed by atoms with Crippen LogP contribution >= 0.6 is 11.6 Å². The number of rotatable bonds is 1. The lowest BCUT2D eigenvalue weighted by Crippen LogP contribution is -2.46. The maximum atomic E-state index is 12.6. The highest BCUT2D eigenvalue weighted by atomic mass is 35.5. The third-order valence-electron chi connectivity index (χ3n) is 4.92. The van der Waals surface area contributed by atoms with Crippen LogP contribution in [0.15, 0.2) is 21.9 Å². The molecule has 0 saturated carbocycles. The number of nitrogens with one attached hydrogen (secondary N) is 1. The Morgan fingerprint density at radius 2 is 1.91 bits per heavy atom. The van der Waals surface area contributed by atoms with Gasteiger partial charge in [0.1, 0.15) is 0 Å². The van der Waals surface area contributed by atoms with E-state index < -0.39 is 11.1 Å². The van der Waals surface area contributed by atoms with Gasteiger partial charge in [-0.05, 0) is 31.7 Å². The summed E-state index contributed by atoms with van der Waals surface area (Å²) in [4.78, 5) is 29.2. The summed E-state index contributed by atoms with van der Waals surface area (Å²) in [5, 5.41) is 4.01. The Bertz CT molecular complexity index is 860. The molecule has 0 spiro atoms. The minimum atomic E-state index is -0.526. The molecule has 0 amide bonds. The molecule has 4 rings (SSSR count). The normalized spacial score (nSPS) is 27.5. The van der Waals surface area contributed by atoms with Crippen molar-refractivity contribution in [3.05, 3.63) is 38.0 Å². The van der Waals surface area contributed by atoms with Crippen molar-refractivity contribution in [3.8, 4) is 0 Å². The molecule has 3 atom stereocenters. The molecular weight excluding hydrogens is 304 g/mol. The largest absolute Gasteiger partial charge is 0.318 e. The van der Waals surface area contributed by atoms with E-state index in [4.69, 9.17) is 11.6 Å². The van der Waals surface area contributed by atoms with Crippen LogP contribution in [0.4, 0.5) is 0 Å². The highest BCUT2D eigenvalue weighted by molar-refractivity contribution is 6.31. The summed E-state index contributed by atoms with van der Waals surface area (Å²) in [6.45, 7) is 0. The number of aryl methyl sites for hydroxylation is 1. The van der Waals surface area contributed by atoms with Crippen molar-refractivity contribution < 1.29 is 0 Å². The van der Waals surface area contributed by atoms with Gasteiger partial charge in [0.15, 0.2) is 5.65 Å². The van der Waals surface area contributed by atoms with Crippen LogP contribution in [0.5, 0.6) is 0 Å². The monoisotopic (exact) mass is 320 g/mol. The Hall–Kier alpha value is -1.66. The van der Waals surface area contributed by atoms with Crippen LogP contribution < -0.4 is 16.4 Å². The molecule has 2 aliphatic rings. The van der Waals surface area contributed by atoms with Crippen LogP contribution in [0.3, 0.4) is 0 Å². The lowest BCUT2D eigenvalue weighted by Gasteiger charge is -2.31. The number of hydrogen-bond acceptors (Lipinski definition) is 4. The molecule has 116 valence electrons. The van der Waals surface area contributed by atoms with E-state index in [1.165, 1.54) is 10.8 Å². The second kappa shape index (κ2) is 4.93. The summed E-state index contributed by atoms with van der Waals surface area (Å²) in [6, 6.07) is 2.58. The molecule has 2 fully saturated rings. The number of piperidine rings is 1. The van der Waals surface area contributed by atoms with E-state index in [-0.39, 0.29) is 6.04 Å². The fourth-order valence-electron chi connectivity index (χ4n) is 3.88. The van der Waals surface area contributed by atoms with Crippen LogP contribution in [0.2, 0.25) is 5.02 Å². The number of nitrogens with zero attached hydrogens (tertiary/aromatic N) is 3. The SMILES string of the molecule is Cn1c(=O)c(=O)n([C@@H]2C[C@H]3CC[C@@H](C2)N3)c2ncc(Cl)cc21. The van der Waals surface area contributed by atoms with Crippen LogP contribution in [0, 0.1) is 0 Å². The van der Waals surface area contributed by atoms with Gasteiger partial charge in [0.2, 0.25) is 0 Å². The van der Waals surface area contributed by atoms with Gasteiger partial charge in [0, 0.05) is 31.4 Å². The average Bonchev–Trinajstić information content (AvgIpc) is 2.84. The van der Waals surface area contributed by atoms with Crippen LogP contribution in [-0.2, 0) is 7.05 Å². The Labute approximate surface area is 131 Å². The van der Waals surface area contributed by atoms with E-state index >= 15 is 0 Å². The maximum Gasteiger partial charge on any atom is 0.318 e. The van der Waals surface area contributed by atoms with E-state index in [1.54, 1.807) is 17.7 Å². The molecule has 2 aromatic rings. The first-order valence-corrected chi connectivity index (χ1v) is 7.95. The maximum absolute atomic E-state index is 12.6. The zero-order chi connectivity index (χ0) is 15.4. The Kier molecular flexibility index (Phi) is 3.13. The van der Waals surface area contributed by atoms with Crippen molar-refractivity contribution in [2.45, 2.75) is 43.8 Å². The number of halogens is 1. The van der Waals surface area contributed by atoms with Crippen LogP contribution in [0.25, 0.3) is 11.2 Å². The highest BCUT2D eigenvalue weighted by Gasteiger charge is 2.35. The summed E-state index contributed by atoms with van der Waals surface area (Å²) in [6.07, 6.45) is 5.53. The first kappa shape index (κ1) is 14.0. The Morgan fingerprint density at radius 3 is 2.59 bits per heavy atom. The fraction of sp³-hybridized carbons (Fsp3) is 0.533. The molecule has 0 aliphatic carbocycles. The average molecular weight is 321 g/mol.